The summed E-state index contributed by atoms with van der Waals surface area (Å²) in [5, 5.41) is 3.14. The SMILES string of the molecule is CCNc1cnc(CN2CCN3C(=O)CCC3C2)cn1. The molecule has 2 saturated heterocycles. The summed E-state index contributed by atoms with van der Waals surface area (Å²) in [6, 6.07) is 0.408. The van der Waals surface area contributed by atoms with Gasteiger partial charge in [-0.2, -0.15) is 0 Å². The first-order valence-corrected chi connectivity index (χ1v) is 7.33. The van der Waals surface area contributed by atoms with E-state index >= 15 is 0 Å². The zero-order valence-corrected chi connectivity index (χ0v) is 11.9. The molecule has 20 heavy (non-hydrogen) atoms. The summed E-state index contributed by atoms with van der Waals surface area (Å²) in [6.45, 7) is 6.45. The molecule has 0 radical (unpaired) electrons. The van der Waals surface area contributed by atoms with Crippen LogP contribution in [0.2, 0.25) is 0 Å². The smallest absolute Gasteiger partial charge is 0.222 e. The molecular formula is C14H21N5O. The van der Waals surface area contributed by atoms with E-state index in [0.717, 1.165) is 57.1 Å². The van der Waals surface area contributed by atoms with Crippen molar-refractivity contribution in [2.75, 3.05) is 31.5 Å². The van der Waals surface area contributed by atoms with Crippen molar-refractivity contribution in [2.24, 2.45) is 0 Å². The summed E-state index contributed by atoms with van der Waals surface area (Å²) in [5.74, 6) is 1.15. The molecule has 0 spiro atoms. The van der Waals surface area contributed by atoms with Gasteiger partial charge in [0, 0.05) is 45.2 Å². The molecule has 1 aromatic heterocycles. The van der Waals surface area contributed by atoms with Gasteiger partial charge in [0.05, 0.1) is 18.1 Å². The minimum atomic E-state index is 0.324. The summed E-state index contributed by atoms with van der Waals surface area (Å²) in [6.07, 6.45) is 5.34. The highest BCUT2D eigenvalue weighted by Gasteiger charge is 2.35. The van der Waals surface area contributed by atoms with Crippen LogP contribution in [0.25, 0.3) is 0 Å². The fourth-order valence-corrected chi connectivity index (χ4v) is 3.01. The molecule has 0 saturated carbocycles. The molecule has 1 unspecified atom stereocenters. The van der Waals surface area contributed by atoms with Gasteiger partial charge >= 0.3 is 0 Å². The molecule has 1 aromatic rings. The highest BCUT2D eigenvalue weighted by Crippen LogP contribution is 2.23. The first-order valence-electron chi connectivity index (χ1n) is 7.33. The molecule has 0 aromatic carbocycles. The monoisotopic (exact) mass is 275 g/mol. The number of hydrogen-bond acceptors (Lipinski definition) is 5. The molecule has 1 N–H and O–H groups in total. The van der Waals surface area contributed by atoms with E-state index in [1.165, 1.54) is 0 Å². The van der Waals surface area contributed by atoms with Gasteiger partial charge in [-0.15, -0.1) is 0 Å². The predicted molar refractivity (Wildman–Crippen MR) is 76.2 cm³/mol. The Morgan fingerprint density at radius 1 is 1.35 bits per heavy atom. The van der Waals surface area contributed by atoms with Crippen molar-refractivity contribution in [3.8, 4) is 0 Å². The number of hydrogen-bond donors (Lipinski definition) is 1. The van der Waals surface area contributed by atoms with Crippen LogP contribution in [-0.2, 0) is 11.3 Å². The van der Waals surface area contributed by atoms with Crippen LogP contribution >= 0.6 is 0 Å². The van der Waals surface area contributed by atoms with Gasteiger partial charge in [-0.05, 0) is 13.3 Å². The molecule has 2 fully saturated rings. The lowest BCUT2D eigenvalue weighted by Crippen LogP contribution is -2.51. The lowest BCUT2D eigenvalue weighted by molar-refractivity contribution is -0.130. The summed E-state index contributed by atoms with van der Waals surface area (Å²) in [5.41, 5.74) is 0.990. The molecule has 0 aliphatic carbocycles. The quantitative estimate of drug-likeness (QED) is 0.877. The summed E-state index contributed by atoms with van der Waals surface area (Å²) >= 11 is 0. The second kappa shape index (κ2) is 5.75. The third kappa shape index (κ3) is 2.75. The molecular weight excluding hydrogens is 254 g/mol. The molecule has 0 bridgehead atoms. The topological polar surface area (TPSA) is 61.4 Å². The van der Waals surface area contributed by atoms with E-state index in [0.29, 0.717) is 11.9 Å². The van der Waals surface area contributed by atoms with E-state index in [4.69, 9.17) is 0 Å². The summed E-state index contributed by atoms with van der Waals surface area (Å²) in [7, 11) is 0. The third-order valence-corrected chi connectivity index (χ3v) is 4.03. The van der Waals surface area contributed by atoms with Gasteiger partial charge in [-0.25, -0.2) is 4.98 Å². The van der Waals surface area contributed by atoms with Crippen molar-refractivity contribution in [2.45, 2.75) is 32.4 Å². The first-order chi connectivity index (χ1) is 9.76. The number of anilines is 1. The van der Waals surface area contributed by atoms with E-state index < -0.39 is 0 Å². The van der Waals surface area contributed by atoms with Crippen LogP contribution in [-0.4, -0.2) is 57.9 Å². The Labute approximate surface area is 119 Å². The largest absolute Gasteiger partial charge is 0.369 e. The molecule has 1 amide bonds. The van der Waals surface area contributed by atoms with Crippen molar-refractivity contribution in [1.29, 1.82) is 0 Å². The van der Waals surface area contributed by atoms with Crippen molar-refractivity contribution in [1.82, 2.24) is 19.8 Å². The van der Waals surface area contributed by atoms with Crippen molar-refractivity contribution in [3.63, 3.8) is 0 Å². The number of nitrogens with one attached hydrogen (secondary N) is 1. The fourth-order valence-electron chi connectivity index (χ4n) is 3.01. The van der Waals surface area contributed by atoms with Gasteiger partial charge < -0.3 is 10.2 Å². The molecule has 1 atom stereocenters. The molecule has 6 heteroatoms. The number of carbonyl (C=O) groups excluding carboxylic acids is 1. The van der Waals surface area contributed by atoms with Crippen LogP contribution in [0, 0.1) is 0 Å². The predicted octanol–water partition coefficient (Wildman–Crippen LogP) is 0.715. The molecule has 3 rings (SSSR count). The van der Waals surface area contributed by atoms with Crippen LogP contribution in [0.4, 0.5) is 5.82 Å². The lowest BCUT2D eigenvalue weighted by Gasteiger charge is -2.37. The van der Waals surface area contributed by atoms with Crippen LogP contribution < -0.4 is 5.32 Å². The summed E-state index contributed by atoms with van der Waals surface area (Å²) in [4.78, 5) is 24.9. The van der Waals surface area contributed by atoms with Gasteiger partial charge in [0.25, 0.3) is 0 Å². The Bertz CT molecular complexity index is 475. The van der Waals surface area contributed by atoms with E-state index in [1.54, 1.807) is 6.20 Å². The Morgan fingerprint density at radius 3 is 3.00 bits per heavy atom. The number of nitrogens with zero attached hydrogens (tertiary/aromatic N) is 4. The van der Waals surface area contributed by atoms with Crippen molar-refractivity contribution >= 4 is 11.7 Å². The molecule has 108 valence electrons. The molecule has 6 nitrogen and oxygen atoms in total. The van der Waals surface area contributed by atoms with Crippen molar-refractivity contribution < 1.29 is 4.79 Å². The Kier molecular flexibility index (Phi) is 3.82. The van der Waals surface area contributed by atoms with E-state index in [2.05, 4.69) is 20.2 Å². The first kappa shape index (κ1) is 13.3. The maximum Gasteiger partial charge on any atom is 0.222 e. The number of piperazine rings is 1. The van der Waals surface area contributed by atoms with E-state index in [1.807, 2.05) is 18.0 Å². The third-order valence-electron chi connectivity index (χ3n) is 4.03. The van der Waals surface area contributed by atoms with Gasteiger partial charge in [0.1, 0.15) is 5.82 Å². The van der Waals surface area contributed by atoms with E-state index in [-0.39, 0.29) is 0 Å². The molecule has 2 aliphatic rings. The lowest BCUT2D eigenvalue weighted by atomic mass is 10.1. The average Bonchev–Trinajstić information content (AvgIpc) is 2.83. The molecule has 3 heterocycles. The number of rotatable bonds is 4. The Morgan fingerprint density at radius 2 is 2.25 bits per heavy atom. The highest BCUT2D eigenvalue weighted by molar-refractivity contribution is 5.78. The minimum Gasteiger partial charge on any atom is -0.369 e. The summed E-state index contributed by atoms with van der Waals surface area (Å²) < 4.78 is 0. The zero-order chi connectivity index (χ0) is 13.9. The van der Waals surface area contributed by atoms with Crippen LogP contribution in [0.15, 0.2) is 12.4 Å². The number of carbonyl (C=O) groups is 1. The van der Waals surface area contributed by atoms with Crippen LogP contribution in [0.5, 0.6) is 0 Å². The number of aromatic nitrogens is 2. The fraction of sp³-hybridized carbons (Fsp3) is 0.643. The normalized spacial score (nSPS) is 22.9. The van der Waals surface area contributed by atoms with E-state index in [9.17, 15) is 4.79 Å². The van der Waals surface area contributed by atoms with Crippen molar-refractivity contribution in [3.05, 3.63) is 18.1 Å². The van der Waals surface area contributed by atoms with Gasteiger partial charge in [0.2, 0.25) is 5.91 Å². The van der Waals surface area contributed by atoms with Gasteiger partial charge in [-0.3, -0.25) is 14.7 Å². The molecule has 2 aliphatic heterocycles. The highest BCUT2D eigenvalue weighted by atomic mass is 16.2. The minimum absolute atomic E-state index is 0.324. The standard InChI is InChI=1S/C14H21N5O/c1-2-15-13-8-16-11(7-17-13)9-18-5-6-19-12(10-18)3-4-14(19)20/h7-8,12H,2-6,9-10H2,1H3,(H,15,17). The zero-order valence-electron chi connectivity index (χ0n) is 11.9. The Balaban J connectivity index is 1.57. The second-order valence-electron chi connectivity index (χ2n) is 5.44. The Hall–Kier alpha value is -1.69. The second-order valence-corrected chi connectivity index (χ2v) is 5.44. The number of amides is 1. The van der Waals surface area contributed by atoms with Gasteiger partial charge in [-0.1, -0.05) is 0 Å². The van der Waals surface area contributed by atoms with Crippen LogP contribution in [0.3, 0.4) is 0 Å². The maximum atomic E-state index is 11.7. The van der Waals surface area contributed by atoms with Crippen LogP contribution in [0.1, 0.15) is 25.5 Å². The maximum absolute atomic E-state index is 11.7. The van der Waals surface area contributed by atoms with Gasteiger partial charge in [0.15, 0.2) is 0 Å². The average molecular weight is 275 g/mol. The number of fused-ring (bicyclic) bond motifs is 1.